The van der Waals surface area contributed by atoms with Crippen molar-refractivity contribution < 1.29 is 4.74 Å². The van der Waals surface area contributed by atoms with Gasteiger partial charge >= 0.3 is 0 Å². The van der Waals surface area contributed by atoms with Crippen LogP contribution in [0.25, 0.3) is 11.3 Å². The van der Waals surface area contributed by atoms with Crippen LogP contribution in [0.2, 0.25) is 5.15 Å². The largest absolute Gasteiger partial charge is 0.496 e. The summed E-state index contributed by atoms with van der Waals surface area (Å²) in [4.78, 5) is 7.26. The summed E-state index contributed by atoms with van der Waals surface area (Å²) in [5.74, 6) is 1.36. The number of H-pyrrole nitrogens is 1. The Morgan fingerprint density at radius 3 is 2.88 bits per heavy atom. The van der Waals surface area contributed by atoms with E-state index in [0.717, 1.165) is 10.0 Å². The molecule has 2 aromatic rings. The summed E-state index contributed by atoms with van der Waals surface area (Å²) < 4.78 is 6.22. The van der Waals surface area contributed by atoms with Crippen LogP contribution in [0.15, 0.2) is 22.7 Å². The van der Waals surface area contributed by atoms with Gasteiger partial charge in [0.2, 0.25) is 0 Å². The molecule has 0 spiro atoms. The second-order valence-corrected chi connectivity index (χ2v) is 4.69. The maximum Gasteiger partial charge on any atom is 0.134 e. The number of halogens is 2. The van der Waals surface area contributed by atoms with Crippen molar-refractivity contribution in [2.45, 2.75) is 6.54 Å². The zero-order valence-corrected chi connectivity index (χ0v) is 11.5. The second-order valence-electron chi connectivity index (χ2n) is 3.39. The molecule has 6 heteroatoms. The van der Waals surface area contributed by atoms with Gasteiger partial charge in [0, 0.05) is 10.0 Å². The van der Waals surface area contributed by atoms with Gasteiger partial charge in [-0.05, 0) is 18.2 Å². The monoisotopic (exact) mass is 315 g/mol. The SMILES string of the molecule is COc1ccc(Br)cc1-c1nc(CN)[nH]c1Cl. The Bertz CT molecular complexity index is 542. The van der Waals surface area contributed by atoms with Crippen molar-refractivity contribution in [3.05, 3.63) is 33.6 Å². The molecule has 0 saturated heterocycles. The van der Waals surface area contributed by atoms with Crippen molar-refractivity contribution in [3.63, 3.8) is 0 Å². The van der Waals surface area contributed by atoms with Crippen LogP contribution in [-0.4, -0.2) is 17.1 Å². The van der Waals surface area contributed by atoms with E-state index in [1.807, 2.05) is 18.2 Å². The molecule has 0 aliphatic heterocycles. The first-order chi connectivity index (χ1) is 8.15. The molecule has 0 aliphatic rings. The highest BCUT2D eigenvalue weighted by atomic mass is 79.9. The average Bonchev–Trinajstić information content (AvgIpc) is 2.70. The van der Waals surface area contributed by atoms with Gasteiger partial charge in [0.1, 0.15) is 22.4 Å². The topological polar surface area (TPSA) is 63.9 Å². The summed E-state index contributed by atoms with van der Waals surface area (Å²) in [5.41, 5.74) is 6.98. The molecule has 1 aromatic heterocycles. The highest BCUT2D eigenvalue weighted by molar-refractivity contribution is 9.10. The molecule has 0 amide bonds. The lowest BCUT2D eigenvalue weighted by molar-refractivity contribution is 0.416. The maximum absolute atomic E-state index is 6.10. The smallest absolute Gasteiger partial charge is 0.134 e. The van der Waals surface area contributed by atoms with Gasteiger partial charge in [-0.15, -0.1) is 0 Å². The van der Waals surface area contributed by atoms with Crippen LogP contribution in [-0.2, 0) is 6.54 Å². The molecule has 90 valence electrons. The van der Waals surface area contributed by atoms with Crippen LogP contribution >= 0.6 is 27.5 Å². The summed E-state index contributed by atoms with van der Waals surface area (Å²) in [6.07, 6.45) is 0. The van der Waals surface area contributed by atoms with Gasteiger partial charge in [-0.25, -0.2) is 4.98 Å². The second kappa shape index (κ2) is 5.08. The fourth-order valence-corrected chi connectivity index (χ4v) is 2.15. The number of aromatic amines is 1. The predicted molar refractivity (Wildman–Crippen MR) is 71.2 cm³/mol. The van der Waals surface area contributed by atoms with E-state index < -0.39 is 0 Å². The van der Waals surface area contributed by atoms with E-state index >= 15 is 0 Å². The number of rotatable bonds is 3. The van der Waals surface area contributed by atoms with Crippen LogP contribution in [0, 0.1) is 0 Å². The molecule has 0 radical (unpaired) electrons. The summed E-state index contributed by atoms with van der Waals surface area (Å²) in [5, 5.41) is 0.460. The van der Waals surface area contributed by atoms with Crippen LogP contribution in [0.3, 0.4) is 0 Å². The Morgan fingerprint density at radius 2 is 2.29 bits per heavy atom. The minimum atomic E-state index is 0.316. The Balaban J connectivity index is 2.58. The molecule has 2 rings (SSSR count). The quantitative estimate of drug-likeness (QED) is 0.915. The number of nitrogens with two attached hydrogens (primary N) is 1. The zero-order chi connectivity index (χ0) is 12.4. The van der Waals surface area contributed by atoms with E-state index in [0.29, 0.717) is 29.0 Å². The summed E-state index contributed by atoms with van der Waals surface area (Å²) >= 11 is 9.50. The van der Waals surface area contributed by atoms with E-state index in [-0.39, 0.29) is 0 Å². The lowest BCUT2D eigenvalue weighted by Crippen LogP contribution is -1.98. The van der Waals surface area contributed by atoms with Gasteiger partial charge in [-0.3, -0.25) is 0 Å². The Labute approximate surface area is 112 Å². The van der Waals surface area contributed by atoms with Gasteiger partial charge in [-0.1, -0.05) is 27.5 Å². The molecule has 1 heterocycles. The number of ether oxygens (including phenoxy) is 1. The highest BCUT2D eigenvalue weighted by Crippen LogP contribution is 2.35. The van der Waals surface area contributed by atoms with Crippen molar-refractivity contribution in [3.8, 4) is 17.0 Å². The summed E-state index contributed by atoms with van der Waals surface area (Å²) in [6, 6.07) is 5.65. The van der Waals surface area contributed by atoms with Crippen LogP contribution in [0.1, 0.15) is 5.82 Å². The van der Waals surface area contributed by atoms with Gasteiger partial charge in [0.05, 0.1) is 13.7 Å². The Kier molecular flexibility index (Phi) is 3.71. The van der Waals surface area contributed by atoms with Gasteiger partial charge < -0.3 is 15.5 Å². The first-order valence-corrected chi connectivity index (χ1v) is 6.11. The molecule has 0 atom stereocenters. The summed E-state index contributed by atoms with van der Waals surface area (Å²) in [6.45, 7) is 0.316. The number of hydrogen-bond donors (Lipinski definition) is 2. The van der Waals surface area contributed by atoms with Gasteiger partial charge in [0.15, 0.2) is 0 Å². The molecular weight excluding hydrogens is 305 g/mol. The molecule has 0 bridgehead atoms. The average molecular weight is 317 g/mol. The highest BCUT2D eigenvalue weighted by Gasteiger charge is 2.14. The molecule has 0 saturated carbocycles. The van der Waals surface area contributed by atoms with E-state index in [1.165, 1.54) is 0 Å². The van der Waals surface area contributed by atoms with E-state index in [2.05, 4.69) is 25.9 Å². The third-order valence-electron chi connectivity index (χ3n) is 2.32. The minimum absolute atomic E-state index is 0.316. The van der Waals surface area contributed by atoms with Gasteiger partial charge in [0.25, 0.3) is 0 Å². The first-order valence-electron chi connectivity index (χ1n) is 4.94. The number of benzene rings is 1. The van der Waals surface area contributed by atoms with E-state index in [1.54, 1.807) is 7.11 Å². The lowest BCUT2D eigenvalue weighted by Gasteiger charge is -2.06. The number of methoxy groups -OCH3 is 1. The third-order valence-corrected chi connectivity index (χ3v) is 3.09. The molecule has 1 aromatic carbocycles. The molecule has 0 aliphatic carbocycles. The molecule has 0 unspecified atom stereocenters. The number of hydrogen-bond acceptors (Lipinski definition) is 3. The molecule has 4 nitrogen and oxygen atoms in total. The fraction of sp³-hybridized carbons (Fsp3) is 0.182. The van der Waals surface area contributed by atoms with E-state index in [4.69, 9.17) is 22.1 Å². The van der Waals surface area contributed by atoms with Gasteiger partial charge in [-0.2, -0.15) is 0 Å². The minimum Gasteiger partial charge on any atom is -0.496 e. The fourth-order valence-electron chi connectivity index (χ4n) is 1.54. The van der Waals surface area contributed by atoms with Crippen molar-refractivity contribution in [2.75, 3.05) is 7.11 Å². The number of nitrogens with zero attached hydrogens (tertiary/aromatic N) is 1. The molecule has 0 fully saturated rings. The Morgan fingerprint density at radius 1 is 1.53 bits per heavy atom. The van der Waals surface area contributed by atoms with E-state index in [9.17, 15) is 0 Å². The van der Waals surface area contributed by atoms with Crippen molar-refractivity contribution in [1.82, 2.24) is 9.97 Å². The standard InChI is InChI=1S/C11H11BrClN3O/c1-17-8-3-2-6(12)4-7(8)10-11(13)16-9(5-14)15-10/h2-4H,5,14H2,1H3,(H,15,16). The predicted octanol–water partition coefficient (Wildman–Crippen LogP) is 2.96. The lowest BCUT2D eigenvalue weighted by atomic mass is 10.1. The third kappa shape index (κ3) is 2.46. The molecule has 17 heavy (non-hydrogen) atoms. The molecular formula is C11H11BrClN3O. The van der Waals surface area contributed by atoms with Crippen molar-refractivity contribution in [1.29, 1.82) is 0 Å². The first kappa shape index (κ1) is 12.4. The Hall–Kier alpha value is -1.04. The zero-order valence-electron chi connectivity index (χ0n) is 9.13. The van der Waals surface area contributed by atoms with Crippen molar-refractivity contribution >= 4 is 27.5 Å². The van der Waals surface area contributed by atoms with Crippen molar-refractivity contribution in [2.24, 2.45) is 5.73 Å². The summed E-state index contributed by atoms with van der Waals surface area (Å²) in [7, 11) is 1.61. The number of imidazole rings is 1. The number of aromatic nitrogens is 2. The molecule has 3 N–H and O–H groups in total. The number of nitrogens with one attached hydrogen (secondary N) is 1. The normalized spacial score (nSPS) is 10.6. The van der Waals surface area contributed by atoms with Crippen LogP contribution in [0.5, 0.6) is 5.75 Å². The maximum atomic E-state index is 6.10. The van der Waals surface area contributed by atoms with Crippen LogP contribution in [0.4, 0.5) is 0 Å². The van der Waals surface area contributed by atoms with Crippen LogP contribution < -0.4 is 10.5 Å².